The lowest BCUT2D eigenvalue weighted by molar-refractivity contribution is -0.129. The normalized spacial score (nSPS) is 8.68. The third-order valence-corrected chi connectivity index (χ3v) is 8.49. The van der Waals surface area contributed by atoms with E-state index in [4.69, 9.17) is 34.8 Å². The Morgan fingerprint density at radius 1 is 0.412 bits per heavy atom. The molecule has 0 aliphatic heterocycles. The maximum absolute atomic E-state index is 10.2. The van der Waals surface area contributed by atoms with Gasteiger partial charge in [-0.3, -0.25) is 24.0 Å². The van der Waals surface area contributed by atoms with Crippen LogP contribution in [0.4, 0.5) is 0 Å². The molecular formula is C56H96O12. The molecule has 3 rings (SSSR count). The van der Waals surface area contributed by atoms with E-state index in [2.05, 4.69) is 64.9 Å². The summed E-state index contributed by atoms with van der Waals surface area (Å²) in [5.74, 6) is 0.929. The quantitative estimate of drug-likeness (QED) is 0.0463. The van der Waals surface area contributed by atoms with Crippen LogP contribution in [0, 0.1) is 11.8 Å². The SMILES string of the molecule is CCCCCC(C)C.CCCCCC(C)C.CCCCCCCCOC=O.CCCCCCCCOC=O.O=C(O)c1ccccc1.O=CO.O=CO.O=CO.c1ccccc1.c1ccccc1. The van der Waals surface area contributed by atoms with Crippen molar-refractivity contribution < 1.29 is 58.7 Å². The Bertz CT molecular complexity index is 1160. The van der Waals surface area contributed by atoms with Crippen molar-refractivity contribution in [1.29, 1.82) is 0 Å². The van der Waals surface area contributed by atoms with E-state index in [9.17, 15) is 14.4 Å². The number of carbonyl (C=O) groups is 6. The fraction of sp³-hybridized carbons (Fsp3) is 0.571. The summed E-state index contributed by atoms with van der Waals surface area (Å²) >= 11 is 0. The van der Waals surface area contributed by atoms with Gasteiger partial charge in [0.2, 0.25) is 0 Å². The van der Waals surface area contributed by atoms with Crippen LogP contribution in [-0.4, -0.2) is 72.0 Å². The lowest BCUT2D eigenvalue weighted by atomic mass is 10.1. The average Bonchev–Trinajstić information content (AvgIpc) is 3.34. The van der Waals surface area contributed by atoms with Gasteiger partial charge in [0.15, 0.2) is 0 Å². The van der Waals surface area contributed by atoms with E-state index < -0.39 is 5.97 Å². The first-order chi connectivity index (χ1) is 32.9. The molecule has 0 aromatic heterocycles. The minimum absolute atomic E-state index is 0.250. The van der Waals surface area contributed by atoms with Crippen molar-refractivity contribution >= 4 is 38.3 Å². The average molecular weight is 961 g/mol. The molecule has 0 fully saturated rings. The monoisotopic (exact) mass is 961 g/mol. The highest BCUT2D eigenvalue weighted by Gasteiger charge is 1.97. The van der Waals surface area contributed by atoms with Crippen molar-refractivity contribution in [3.05, 3.63) is 109 Å². The highest BCUT2D eigenvalue weighted by molar-refractivity contribution is 5.87. The highest BCUT2D eigenvalue weighted by Crippen LogP contribution is 2.08. The number of hydrogen-bond donors (Lipinski definition) is 4. The summed E-state index contributed by atoms with van der Waals surface area (Å²) in [4.78, 5) is 54.7. The van der Waals surface area contributed by atoms with Gasteiger partial charge in [0.05, 0.1) is 18.8 Å². The van der Waals surface area contributed by atoms with Crippen molar-refractivity contribution in [2.45, 2.75) is 184 Å². The van der Waals surface area contributed by atoms with E-state index in [1.807, 2.05) is 72.8 Å². The van der Waals surface area contributed by atoms with Crippen LogP contribution in [0.25, 0.3) is 0 Å². The summed E-state index contributed by atoms with van der Waals surface area (Å²) in [6.07, 6.45) is 26.0. The van der Waals surface area contributed by atoms with Crippen molar-refractivity contribution in [1.82, 2.24) is 0 Å². The predicted octanol–water partition coefficient (Wildman–Crippen LogP) is 15.3. The summed E-state index contributed by atoms with van der Waals surface area (Å²) in [6.45, 7) is 19.5. The van der Waals surface area contributed by atoms with Crippen LogP contribution in [0.15, 0.2) is 103 Å². The molecule has 4 N–H and O–H groups in total. The van der Waals surface area contributed by atoms with Crippen LogP contribution in [0.1, 0.15) is 194 Å². The number of ether oxygens (including phenoxy) is 2. The zero-order valence-electron chi connectivity index (χ0n) is 43.5. The molecule has 0 heterocycles. The van der Waals surface area contributed by atoms with Crippen molar-refractivity contribution in [2.24, 2.45) is 11.8 Å². The van der Waals surface area contributed by atoms with Gasteiger partial charge in [-0.2, -0.15) is 0 Å². The first kappa shape index (κ1) is 76.7. The van der Waals surface area contributed by atoms with Crippen LogP contribution >= 0.6 is 0 Å². The van der Waals surface area contributed by atoms with Gasteiger partial charge in [-0.05, 0) is 36.8 Å². The summed E-state index contributed by atoms with van der Waals surface area (Å²) in [5, 5.41) is 29.1. The molecule has 12 nitrogen and oxygen atoms in total. The van der Waals surface area contributed by atoms with E-state index >= 15 is 0 Å². The van der Waals surface area contributed by atoms with E-state index in [0.29, 0.717) is 31.7 Å². The van der Waals surface area contributed by atoms with Gasteiger partial charge in [-0.1, -0.05) is 262 Å². The minimum atomic E-state index is -0.879. The Balaban J connectivity index is -0.000000125. The zero-order valence-corrected chi connectivity index (χ0v) is 43.5. The fourth-order valence-corrected chi connectivity index (χ4v) is 4.98. The van der Waals surface area contributed by atoms with E-state index in [0.717, 1.165) is 24.7 Å². The van der Waals surface area contributed by atoms with Crippen LogP contribution < -0.4 is 0 Å². The molecule has 0 amide bonds. The molecule has 0 saturated heterocycles. The molecule has 0 spiro atoms. The maximum atomic E-state index is 10.2. The first-order valence-corrected chi connectivity index (χ1v) is 24.5. The summed E-state index contributed by atoms with van der Waals surface area (Å²) in [7, 11) is 0. The lowest BCUT2D eigenvalue weighted by Gasteiger charge is -2.00. The summed E-state index contributed by atoms with van der Waals surface area (Å²) in [6, 6.07) is 32.3. The molecule has 3 aromatic rings. The molecule has 0 radical (unpaired) electrons. The predicted molar refractivity (Wildman–Crippen MR) is 281 cm³/mol. The molecule has 0 aliphatic carbocycles. The van der Waals surface area contributed by atoms with Crippen molar-refractivity contribution in [3.63, 3.8) is 0 Å². The number of hydrogen-bond acceptors (Lipinski definition) is 8. The Kier molecular flexibility index (Phi) is 92.1. The van der Waals surface area contributed by atoms with Gasteiger partial charge in [0.25, 0.3) is 32.4 Å². The van der Waals surface area contributed by atoms with Crippen LogP contribution in [0.2, 0.25) is 0 Å². The number of carbonyl (C=O) groups excluding carboxylic acids is 2. The number of benzene rings is 3. The molecule has 0 unspecified atom stereocenters. The smallest absolute Gasteiger partial charge is 0.335 e. The molecule has 68 heavy (non-hydrogen) atoms. The third kappa shape index (κ3) is 108. The standard InChI is InChI=1S/2C9H18O2.2C8H18.C7H6O2.2C6H6.3CH2O2/c2*1-2-3-4-5-6-7-8-11-9-10;2*1-4-5-6-7-8(2)3;8-7(9)6-4-2-1-3-5-6;2*1-2-4-6-5-3-1;3*2-1-3/h2*9H,2-8H2,1H3;2*8H,4-7H2,1-3H3;1-5H,(H,8,9);2*1-6H;3*1H,(H,2,3). The number of carboxylic acid groups (broad SMARTS) is 4. The Labute approximate surface area is 413 Å². The topological polar surface area (TPSA) is 202 Å². The van der Waals surface area contributed by atoms with Crippen molar-refractivity contribution in [3.8, 4) is 0 Å². The van der Waals surface area contributed by atoms with Crippen LogP contribution in [0.5, 0.6) is 0 Å². The second-order valence-corrected chi connectivity index (χ2v) is 15.5. The van der Waals surface area contributed by atoms with Crippen molar-refractivity contribution in [2.75, 3.05) is 13.2 Å². The van der Waals surface area contributed by atoms with E-state index in [1.165, 1.54) is 116 Å². The number of rotatable bonds is 25. The van der Waals surface area contributed by atoms with Crippen LogP contribution in [-0.2, 0) is 33.4 Å². The largest absolute Gasteiger partial charge is 0.483 e. The van der Waals surface area contributed by atoms with Gasteiger partial charge in [0.1, 0.15) is 0 Å². The van der Waals surface area contributed by atoms with Crippen LogP contribution in [0.3, 0.4) is 0 Å². The van der Waals surface area contributed by atoms with Gasteiger partial charge >= 0.3 is 5.97 Å². The molecule has 392 valence electrons. The molecule has 3 aromatic carbocycles. The number of aromatic carboxylic acids is 1. The number of carboxylic acids is 1. The molecule has 0 saturated carbocycles. The van der Waals surface area contributed by atoms with E-state index in [1.54, 1.807) is 30.3 Å². The van der Waals surface area contributed by atoms with Gasteiger partial charge in [0, 0.05) is 0 Å². The lowest BCUT2D eigenvalue weighted by Crippen LogP contribution is -1.93. The van der Waals surface area contributed by atoms with Gasteiger partial charge in [-0.25, -0.2) is 4.79 Å². The molecule has 0 bridgehead atoms. The molecular weight excluding hydrogens is 865 g/mol. The van der Waals surface area contributed by atoms with E-state index in [-0.39, 0.29) is 19.4 Å². The highest BCUT2D eigenvalue weighted by atomic mass is 16.5. The Hall–Kier alpha value is -5.52. The summed E-state index contributed by atoms with van der Waals surface area (Å²) < 4.78 is 9.12. The second-order valence-electron chi connectivity index (χ2n) is 15.5. The fourth-order valence-electron chi connectivity index (χ4n) is 4.98. The number of unbranched alkanes of at least 4 members (excludes halogenated alkanes) is 14. The Morgan fingerprint density at radius 2 is 0.632 bits per heavy atom. The van der Waals surface area contributed by atoms with Gasteiger partial charge < -0.3 is 29.9 Å². The first-order valence-electron chi connectivity index (χ1n) is 24.5. The summed E-state index contributed by atoms with van der Waals surface area (Å²) in [5.41, 5.74) is 0.331. The van der Waals surface area contributed by atoms with Gasteiger partial charge in [-0.15, -0.1) is 0 Å². The minimum Gasteiger partial charge on any atom is -0.483 e. The zero-order chi connectivity index (χ0) is 52.8. The molecule has 0 atom stereocenters. The molecule has 12 heteroatoms. The maximum Gasteiger partial charge on any atom is 0.335 e. The third-order valence-electron chi connectivity index (χ3n) is 8.49. The second kappa shape index (κ2) is 81.7. The Morgan fingerprint density at radius 3 is 0.838 bits per heavy atom. The molecule has 0 aliphatic rings.